The molecule has 0 aliphatic rings. The Bertz CT molecular complexity index is 521. The zero-order valence-electron chi connectivity index (χ0n) is 12.2. The van der Waals surface area contributed by atoms with E-state index in [1.165, 1.54) is 0 Å². The number of halogens is 2. The van der Waals surface area contributed by atoms with Crippen LogP contribution in [0.3, 0.4) is 0 Å². The van der Waals surface area contributed by atoms with Crippen LogP contribution in [0.2, 0.25) is 0 Å². The molecule has 0 fully saturated rings. The van der Waals surface area contributed by atoms with Gasteiger partial charge in [-0.3, -0.25) is 9.59 Å². The molecular weight excluding hydrogens is 282 g/mol. The van der Waals surface area contributed by atoms with Gasteiger partial charge in [0.2, 0.25) is 5.95 Å². The second-order valence-electron chi connectivity index (χ2n) is 4.85. The van der Waals surface area contributed by atoms with Gasteiger partial charge in [-0.25, -0.2) is 9.37 Å². The first-order valence-corrected chi connectivity index (χ1v) is 6.61. The van der Waals surface area contributed by atoms with Crippen molar-refractivity contribution in [1.82, 2.24) is 9.88 Å². The van der Waals surface area contributed by atoms with E-state index < -0.39 is 29.2 Å². The van der Waals surface area contributed by atoms with Gasteiger partial charge in [0.15, 0.2) is 5.82 Å². The number of rotatable bonds is 6. The van der Waals surface area contributed by atoms with Crippen LogP contribution < -0.4 is 0 Å². The van der Waals surface area contributed by atoms with E-state index in [0.717, 1.165) is 17.2 Å². The number of hydrogen-bond donors (Lipinski definition) is 0. The first-order valence-electron chi connectivity index (χ1n) is 6.61. The zero-order valence-corrected chi connectivity index (χ0v) is 12.2. The molecule has 0 saturated carbocycles. The van der Waals surface area contributed by atoms with Crippen LogP contribution in [0.25, 0.3) is 0 Å². The van der Waals surface area contributed by atoms with Crippen molar-refractivity contribution >= 4 is 11.9 Å². The Kier molecular flexibility index (Phi) is 6.20. The molecule has 0 bridgehead atoms. The highest BCUT2D eigenvalue weighted by atomic mass is 19.2. The van der Waals surface area contributed by atoms with Gasteiger partial charge in [-0.2, -0.15) is 4.39 Å². The second kappa shape index (κ2) is 7.66. The molecule has 7 heteroatoms. The topological polar surface area (TPSA) is 59.5 Å². The molecule has 1 heterocycles. The average molecular weight is 300 g/mol. The second-order valence-corrected chi connectivity index (χ2v) is 4.85. The minimum Gasteiger partial charge on any atom is -0.465 e. The van der Waals surface area contributed by atoms with Gasteiger partial charge in [0, 0.05) is 12.7 Å². The monoisotopic (exact) mass is 300 g/mol. The molecule has 116 valence electrons. The van der Waals surface area contributed by atoms with Gasteiger partial charge in [0.25, 0.3) is 5.91 Å². The van der Waals surface area contributed by atoms with Crippen molar-refractivity contribution in [1.29, 1.82) is 0 Å². The molecule has 0 unspecified atom stereocenters. The van der Waals surface area contributed by atoms with Crippen molar-refractivity contribution in [2.75, 3.05) is 19.7 Å². The van der Waals surface area contributed by atoms with E-state index in [1.807, 2.05) is 13.8 Å². The summed E-state index contributed by atoms with van der Waals surface area (Å²) in [6, 6.07) is 1.08. The number of ether oxygens (including phenoxy) is 1. The highest BCUT2D eigenvalue weighted by Gasteiger charge is 2.24. The number of esters is 1. The van der Waals surface area contributed by atoms with Crippen LogP contribution in [0, 0.1) is 17.7 Å². The summed E-state index contributed by atoms with van der Waals surface area (Å²) in [5, 5.41) is 0. The molecule has 0 spiro atoms. The summed E-state index contributed by atoms with van der Waals surface area (Å²) in [6.45, 7) is 5.42. The molecule has 1 rings (SSSR count). The van der Waals surface area contributed by atoms with Crippen LogP contribution in [0.5, 0.6) is 0 Å². The molecule has 0 atom stereocenters. The molecule has 21 heavy (non-hydrogen) atoms. The van der Waals surface area contributed by atoms with E-state index in [9.17, 15) is 18.4 Å². The molecule has 0 saturated heterocycles. The maximum Gasteiger partial charge on any atom is 0.325 e. The van der Waals surface area contributed by atoms with Crippen molar-refractivity contribution in [3.05, 3.63) is 29.6 Å². The molecule has 1 aromatic heterocycles. The fourth-order valence-corrected chi connectivity index (χ4v) is 1.78. The SMILES string of the molecule is CCOC(=O)CN(CC(C)C)C(=O)c1ccnc(F)c1F. The average Bonchev–Trinajstić information content (AvgIpc) is 2.40. The smallest absolute Gasteiger partial charge is 0.325 e. The molecule has 5 nitrogen and oxygen atoms in total. The molecule has 1 aromatic rings. The third-order valence-electron chi connectivity index (χ3n) is 2.58. The largest absolute Gasteiger partial charge is 0.465 e. The maximum absolute atomic E-state index is 13.6. The lowest BCUT2D eigenvalue weighted by atomic mass is 10.1. The van der Waals surface area contributed by atoms with Gasteiger partial charge in [-0.15, -0.1) is 0 Å². The van der Waals surface area contributed by atoms with Crippen molar-refractivity contribution in [2.24, 2.45) is 5.92 Å². The third kappa shape index (κ3) is 4.77. The summed E-state index contributed by atoms with van der Waals surface area (Å²) < 4.78 is 31.5. The van der Waals surface area contributed by atoms with E-state index in [-0.39, 0.29) is 25.6 Å². The summed E-state index contributed by atoms with van der Waals surface area (Å²) in [4.78, 5) is 28.1. The predicted molar refractivity (Wildman–Crippen MR) is 71.5 cm³/mol. The van der Waals surface area contributed by atoms with Crippen molar-refractivity contribution < 1.29 is 23.1 Å². The number of hydrogen-bond acceptors (Lipinski definition) is 4. The Balaban J connectivity index is 2.99. The lowest BCUT2D eigenvalue weighted by molar-refractivity contribution is -0.143. The number of nitrogens with zero attached hydrogens (tertiary/aromatic N) is 2. The van der Waals surface area contributed by atoms with Crippen molar-refractivity contribution in [2.45, 2.75) is 20.8 Å². The summed E-state index contributed by atoms with van der Waals surface area (Å²) in [7, 11) is 0. The Morgan fingerprint density at radius 1 is 1.38 bits per heavy atom. The van der Waals surface area contributed by atoms with Crippen LogP contribution in [-0.2, 0) is 9.53 Å². The maximum atomic E-state index is 13.6. The van der Waals surface area contributed by atoms with E-state index in [1.54, 1.807) is 6.92 Å². The third-order valence-corrected chi connectivity index (χ3v) is 2.58. The lowest BCUT2D eigenvalue weighted by Gasteiger charge is -2.23. The quantitative estimate of drug-likeness (QED) is 0.596. The van der Waals surface area contributed by atoms with Gasteiger partial charge < -0.3 is 9.64 Å². The Labute approximate surface area is 121 Å². The minimum atomic E-state index is -1.35. The highest BCUT2D eigenvalue weighted by Crippen LogP contribution is 2.13. The summed E-state index contributed by atoms with van der Waals surface area (Å²) >= 11 is 0. The molecule has 0 aliphatic carbocycles. The molecular formula is C14H18F2N2O3. The van der Waals surface area contributed by atoms with Crippen molar-refractivity contribution in [3.63, 3.8) is 0 Å². The van der Waals surface area contributed by atoms with Crippen LogP contribution in [0.15, 0.2) is 12.3 Å². The Morgan fingerprint density at radius 2 is 2.05 bits per heavy atom. The van der Waals surface area contributed by atoms with Crippen LogP contribution >= 0.6 is 0 Å². The number of pyridine rings is 1. The van der Waals surface area contributed by atoms with Gasteiger partial charge in [-0.05, 0) is 18.9 Å². The van der Waals surface area contributed by atoms with Crippen LogP contribution in [0.1, 0.15) is 31.1 Å². The molecule has 0 N–H and O–H groups in total. The van der Waals surface area contributed by atoms with Crippen molar-refractivity contribution in [3.8, 4) is 0 Å². The number of carbonyl (C=O) groups excluding carboxylic acids is 2. The Morgan fingerprint density at radius 3 is 2.62 bits per heavy atom. The molecule has 1 amide bonds. The first-order chi connectivity index (χ1) is 9.86. The fraction of sp³-hybridized carbons (Fsp3) is 0.500. The van der Waals surface area contributed by atoms with E-state index in [0.29, 0.717) is 0 Å². The normalized spacial score (nSPS) is 10.6. The van der Waals surface area contributed by atoms with Gasteiger partial charge in [0.1, 0.15) is 6.54 Å². The summed E-state index contributed by atoms with van der Waals surface area (Å²) in [5.41, 5.74) is -0.451. The zero-order chi connectivity index (χ0) is 16.0. The van der Waals surface area contributed by atoms with Gasteiger partial charge in [0.05, 0.1) is 12.2 Å². The lowest BCUT2D eigenvalue weighted by Crippen LogP contribution is -2.39. The van der Waals surface area contributed by atoms with E-state index in [2.05, 4.69) is 4.98 Å². The Hall–Kier alpha value is -2.05. The molecule has 0 aromatic carbocycles. The number of aromatic nitrogens is 1. The van der Waals surface area contributed by atoms with Gasteiger partial charge in [-0.1, -0.05) is 13.8 Å². The standard InChI is InChI=1S/C14H18F2N2O3/c1-4-21-11(19)8-18(7-9(2)3)14(20)10-5-6-17-13(16)12(10)15/h5-6,9H,4,7-8H2,1-3H3. The summed E-state index contributed by atoms with van der Waals surface area (Å²) in [6.07, 6.45) is 1.00. The molecule has 0 aliphatic heterocycles. The summed E-state index contributed by atoms with van der Waals surface area (Å²) in [5.74, 6) is -3.98. The first kappa shape index (κ1) is 17.0. The predicted octanol–water partition coefficient (Wildman–Crippen LogP) is 2.02. The number of amides is 1. The van der Waals surface area contributed by atoms with Crippen LogP contribution in [0.4, 0.5) is 8.78 Å². The van der Waals surface area contributed by atoms with Crippen LogP contribution in [-0.4, -0.2) is 41.5 Å². The van der Waals surface area contributed by atoms with Gasteiger partial charge >= 0.3 is 5.97 Å². The van der Waals surface area contributed by atoms with E-state index in [4.69, 9.17) is 4.74 Å². The number of carbonyl (C=O) groups is 2. The van der Waals surface area contributed by atoms with E-state index >= 15 is 0 Å². The highest BCUT2D eigenvalue weighted by molar-refractivity contribution is 5.96. The fourth-order valence-electron chi connectivity index (χ4n) is 1.78. The molecule has 0 radical (unpaired) electrons. The minimum absolute atomic E-state index is 0.0538.